The molecule has 6 nitrogen and oxygen atoms in total. The lowest BCUT2D eigenvalue weighted by Gasteiger charge is -2.24. The molecule has 2 saturated heterocycles. The molecule has 3 rings (SSSR count). The van der Waals surface area contributed by atoms with Crippen molar-refractivity contribution in [1.82, 2.24) is 15.2 Å². The Morgan fingerprint density at radius 1 is 1.50 bits per heavy atom. The summed E-state index contributed by atoms with van der Waals surface area (Å²) >= 11 is 0. The Hall–Kier alpha value is -1.66. The van der Waals surface area contributed by atoms with Crippen LogP contribution in [-0.2, 0) is 16.1 Å². The number of nitrogens with zero attached hydrogens (tertiary/aromatic N) is 2. The highest BCUT2D eigenvalue weighted by Gasteiger charge is 2.48. The van der Waals surface area contributed by atoms with E-state index in [-0.39, 0.29) is 30.1 Å². The molecule has 22 heavy (non-hydrogen) atoms. The fourth-order valence-corrected chi connectivity index (χ4v) is 3.12. The van der Waals surface area contributed by atoms with E-state index in [0.29, 0.717) is 26.4 Å². The van der Waals surface area contributed by atoms with Gasteiger partial charge in [-0.05, 0) is 26.0 Å². The highest BCUT2D eigenvalue weighted by atomic mass is 16.5. The summed E-state index contributed by atoms with van der Waals surface area (Å²) < 4.78 is 11.6. The summed E-state index contributed by atoms with van der Waals surface area (Å²) in [5.41, 5.74) is 0.906. The van der Waals surface area contributed by atoms with Gasteiger partial charge in [0.15, 0.2) is 0 Å². The molecule has 3 heterocycles. The molecule has 3 atom stereocenters. The molecule has 120 valence electrons. The van der Waals surface area contributed by atoms with Crippen LogP contribution in [0.2, 0.25) is 0 Å². The fraction of sp³-hybridized carbons (Fsp3) is 0.625. The van der Waals surface area contributed by atoms with E-state index >= 15 is 0 Å². The molecule has 1 N–H and O–H groups in total. The van der Waals surface area contributed by atoms with Gasteiger partial charge in [-0.1, -0.05) is 6.07 Å². The summed E-state index contributed by atoms with van der Waals surface area (Å²) in [5.74, 6) is 0.252. The second-order valence-corrected chi connectivity index (χ2v) is 6.20. The number of amides is 2. The quantitative estimate of drug-likeness (QED) is 0.913. The number of rotatable bonds is 4. The van der Waals surface area contributed by atoms with Crippen molar-refractivity contribution in [1.29, 1.82) is 0 Å². The zero-order chi connectivity index (χ0) is 15.5. The number of urea groups is 1. The Balaban J connectivity index is 1.62. The van der Waals surface area contributed by atoms with Gasteiger partial charge in [-0.25, -0.2) is 4.79 Å². The molecule has 2 aliphatic rings. The van der Waals surface area contributed by atoms with Crippen molar-refractivity contribution in [2.24, 2.45) is 5.92 Å². The average molecular weight is 305 g/mol. The van der Waals surface area contributed by atoms with Crippen molar-refractivity contribution in [3.8, 4) is 0 Å². The van der Waals surface area contributed by atoms with Crippen LogP contribution in [-0.4, -0.2) is 53.9 Å². The highest BCUT2D eigenvalue weighted by molar-refractivity contribution is 5.75. The van der Waals surface area contributed by atoms with Crippen LogP contribution in [0.1, 0.15) is 19.5 Å². The van der Waals surface area contributed by atoms with E-state index in [2.05, 4.69) is 10.3 Å². The number of pyridine rings is 1. The third kappa shape index (κ3) is 3.23. The Labute approximate surface area is 130 Å². The lowest BCUT2D eigenvalue weighted by Crippen LogP contribution is -2.46. The third-order valence-electron chi connectivity index (χ3n) is 4.19. The van der Waals surface area contributed by atoms with Crippen LogP contribution in [0.15, 0.2) is 24.4 Å². The molecular formula is C16H23N3O3. The van der Waals surface area contributed by atoms with Crippen molar-refractivity contribution >= 4 is 6.03 Å². The maximum absolute atomic E-state index is 12.3. The van der Waals surface area contributed by atoms with E-state index in [1.54, 1.807) is 6.20 Å². The van der Waals surface area contributed by atoms with Gasteiger partial charge in [-0.3, -0.25) is 4.98 Å². The average Bonchev–Trinajstić information content (AvgIpc) is 3.08. The predicted octanol–water partition coefficient (Wildman–Crippen LogP) is 1.42. The number of likely N-dealkylation sites (tertiary alicyclic amines) is 1. The fourth-order valence-electron chi connectivity index (χ4n) is 3.12. The van der Waals surface area contributed by atoms with Crippen molar-refractivity contribution in [3.63, 3.8) is 0 Å². The predicted molar refractivity (Wildman–Crippen MR) is 81.3 cm³/mol. The summed E-state index contributed by atoms with van der Waals surface area (Å²) in [6.07, 6.45) is 1.77. The second kappa shape index (κ2) is 6.62. The number of fused-ring (bicyclic) bond motifs is 1. The van der Waals surface area contributed by atoms with Crippen molar-refractivity contribution < 1.29 is 14.3 Å². The number of hydrogen-bond acceptors (Lipinski definition) is 4. The molecule has 2 amide bonds. The molecule has 1 aromatic rings. The van der Waals surface area contributed by atoms with Gasteiger partial charge in [0.05, 0.1) is 37.7 Å². The van der Waals surface area contributed by atoms with Gasteiger partial charge < -0.3 is 19.7 Å². The van der Waals surface area contributed by atoms with Crippen LogP contribution in [0.4, 0.5) is 4.79 Å². The van der Waals surface area contributed by atoms with Gasteiger partial charge >= 0.3 is 6.03 Å². The van der Waals surface area contributed by atoms with Crippen molar-refractivity contribution in [3.05, 3.63) is 30.1 Å². The number of carbonyl (C=O) groups is 1. The smallest absolute Gasteiger partial charge is 0.318 e. The SMILES string of the molecule is CC(C)NC(=O)N1C[C@H](OCc2ccccn2)[C@H]2COC[C@H]21. The minimum absolute atomic E-state index is 0.00687. The summed E-state index contributed by atoms with van der Waals surface area (Å²) in [6.45, 7) is 6.26. The van der Waals surface area contributed by atoms with Gasteiger partial charge in [0.1, 0.15) is 0 Å². The molecule has 1 aromatic heterocycles. The first-order valence-electron chi connectivity index (χ1n) is 7.81. The number of ether oxygens (including phenoxy) is 2. The van der Waals surface area contributed by atoms with Crippen molar-refractivity contribution in [2.45, 2.75) is 38.6 Å². The second-order valence-electron chi connectivity index (χ2n) is 6.20. The third-order valence-corrected chi connectivity index (χ3v) is 4.19. The van der Waals surface area contributed by atoms with E-state index in [4.69, 9.17) is 9.47 Å². The van der Waals surface area contributed by atoms with E-state index in [1.807, 2.05) is 36.9 Å². The summed E-state index contributed by atoms with van der Waals surface area (Å²) in [7, 11) is 0. The Bertz CT molecular complexity index is 509. The molecule has 2 aliphatic heterocycles. The Morgan fingerprint density at radius 3 is 3.09 bits per heavy atom. The van der Waals surface area contributed by atoms with Crippen LogP contribution < -0.4 is 5.32 Å². The topological polar surface area (TPSA) is 63.7 Å². The molecule has 6 heteroatoms. The first-order valence-corrected chi connectivity index (χ1v) is 7.81. The van der Waals surface area contributed by atoms with Crippen LogP contribution in [0.25, 0.3) is 0 Å². The standard InChI is InChI=1S/C16H23N3O3/c1-11(2)18-16(20)19-7-15(13-9-21-10-14(13)19)22-8-12-5-3-4-6-17-12/h3-6,11,13-15H,7-10H2,1-2H3,(H,18,20)/t13-,14+,15-/m0/s1. The molecule has 0 spiro atoms. The zero-order valence-corrected chi connectivity index (χ0v) is 13.1. The molecule has 0 aromatic carbocycles. The number of hydrogen-bond donors (Lipinski definition) is 1. The lowest BCUT2D eigenvalue weighted by atomic mass is 10.0. The van der Waals surface area contributed by atoms with Gasteiger partial charge in [0, 0.05) is 24.7 Å². The molecular weight excluding hydrogens is 282 g/mol. The molecule has 0 bridgehead atoms. The van der Waals surface area contributed by atoms with Gasteiger partial charge in [0.2, 0.25) is 0 Å². The largest absolute Gasteiger partial charge is 0.379 e. The van der Waals surface area contributed by atoms with Crippen molar-refractivity contribution in [2.75, 3.05) is 19.8 Å². The maximum Gasteiger partial charge on any atom is 0.318 e. The van der Waals surface area contributed by atoms with Crippen LogP contribution in [0.5, 0.6) is 0 Å². The minimum atomic E-state index is -0.0283. The molecule has 0 unspecified atom stereocenters. The number of carbonyl (C=O) groups excluding carboxylic acids is 1. The molecule has 2 fully saturated rings. The first kappa shape index (κ1) is 15.2. The minimum Gasteiger partial charge on any atom is -0.379 e. The van der Waals surface area contributed by atoms with Crippen LogP contribution in [0.3, 0.4) is 0 Å². The van der Waals surface area contributed by atoms with E-state index in [1.165, 1.54) is 0 Å². The number of aromatic nitrogens is 1. The first-order chi connectivity index (χ1) is 10.6. The normalized spacial score (nSPS) is 27.2. The van der Waals surface area contributed by atoms with Gasteiger partial charge in [-0.2, -0.15) is 0 Å². The van der Waals surface area contributed by atoms with E-state index in [0.717, 1.165) is 5.69 Å². The summed E-state index contributed by atoms with van der Waals surface area (Å²) in [6, 6.07) is 6.00. The molecule has 0 aliphatic carbocycles. The Morgan fingerprint density at radius 2 is 2.36 bits per heavy atom. The highest BCUT2D eigenvalue weighted by Crippen LogP contribution is 2.32. The molecule has 0 radical (unpaired) electrons. The maximum atomic E-state index is 12.3. The van der Waals surface area contributed by atoms with Gasteiger partial charge in [-0.15, -0.1) is 0 Å². The molecule has 0 saturated carbocycles. The summed E-state index contributed by atoms with van der Waals surface area (Å²) in [5, 5.41) is 2.96. The van der Waals surface area contributed by atoms with Gasteiger partial charge in [0.25, 0.3) is 0 Å². The van der Waals surface area contributed by atoms with Crippen LogP contribution >= 0.6 is 0 Å². The lowest BCUT2D eigenvalue weighted by molar-refractivity contribution is 0.00968. The number of nitrogens with one attached hydrogen (secondary N) is 1. The van der Waals surface area contributed by atoms with E-state index < -0.39 is 0 Å². The zero-order valence-electron chi connectivity index (χ0n) is 13.1. The monoisotopic (exact) mass is 305 g/mol. The van der Waals surface area contributed by atoms with Crippen LogP contribution in [0, 0.1) is 5.92 Å². The van der Waals surface area contributed by atoms with E-state index in [9.17, 15) is 4.79 Å². The summed E-state index contributed by atoms with van der Waals surface area (Å²) in [4.78, 5) is 18.4. The Kier molecular flexibility index (Phi) is 4.59.